The van der Waals surface area contributed by atoms with Crippen molar-refractivity contribution in [3.8, 4) is 0 Å². The first-order valence-corrected chi connectivity index (χ1v) is 9.43. The second-order valence-corrected chi connectivity index (χ2v) is 7.50. The molecule has 1 aromatic carbocycles. The molecular weight excluding hydrogens is 324 g/mol. The van der Waals surface area contributed by atoms with Crippen LogP contribution in [0.25, 0.3) is 0 Å². The van der Waals surface area contributed by atoms with E-state index in [-0.39, 0.29) is 17.9 Å². The van der Waals surface area contributed by atoms with Crippen molar-refractivity contribution in [1.29, 1.82) is 0 Å². The molecule has 1 saturated carbocycles. The number of hydrogen-bond donors (Lipinski definition) is 2. The summed E-state index contributed by atoms with van der Waals surface area (Å²) in [4.78, 5) is 14.9. The molecule has 3 rings (SSSR count). The van der Waals surface area contributed by atoms with Crippen LogP contribution in [-0.2, 0) is 10.2 Å². The molecule has 1 heterocycles. The molecule has 2 aliphatic rings. The van der Waals surface area contributed by atoms with Crippen molar-refractivity contribution >= 4 is 17.5 Å². The van der Waals surface area contributed by atoms with Crippen LogP contribution in [0.4, 0.5) is 0 Å². The molecule has 2 fully saturated rings. The fourth-order valence-electron chi connectivity index (χ4n) is 3.76. The Morgan fingerprint density at radius 3 is 2.71 bits per heavy atom. The lowest BCUT2D eigenvalue weighted by Crippen LogP contribution is -2.43. The van der Waals surface area contributed by atoms with Crippen molar-refractivity contribution in [3.63, 3.8) is 0 Å². The van der Waals surface area contributed by atoms with Gasteiger partial charge >= 0.3 is 0 Å². The molecule has 0 bridgehead atoms. The van der Waals surface area contributed by atoms with Crippen LogP contribution in [-0.4, -0.2) is 48.2 Å². The summed E-state index contributed by atoms with van der Waals surface area (Å²) in [6.07, 6.45) is 6.27. The van der Waals surface area contributed by atoms with Gasteiger partial charge in [0, 0.05) is 24.2 Å². The summed E-state index contributed by atoms with van der Waals surface area (Å²) in [7, 11) is 0. The summed E-state index contributed by atoms with van der Waals surface area (Å²) >= 11 is 5.94. The maximum Gasteiger partial charge on any atom is 0.230 e. The van der Waals surface area contributed by atoms with Crippen LogP contribution in [0.3, 0.4) is 0 Å². The van der Waals surface area contributed by atoms with Crippen molar-refractivity contribution < 1.29 is 9.90 Å². The van der Waals surface area contributed by atoms with E-state index in [1.165, 1.54) is 12.8 Å². The summed E-state index contributed by atoms with van der Waals surface area (Å²) in [5.41, 5.74) is 0.740. The molecule has 0 spiro atoms. The molecule has 2 N–H and O–H groups in total. The van der Waals surface area contributed by atoms with Crippen LogP contribution in [0.1, 0.15) is 44.1 Å². The van der Waals surface area contributed by atoms with Crippen molar-refractivity contribution in [2.45, 2.75) is 50.0 Å². The van der Waals surface area contributed by atoms with Crippen LogP contribution >= 0.6 is 11.6 Å². The number of aliphatic hydroxyl groups excluding tert-OH is 1. The molecule has 0 unspecified atom stereocenters. The third-order valence-corrected chi connectivity index (χ3v) is 5.70. The first-order valence-electron chi connectivity index (χ1n) is 9.05. The van der Waals surface area contributed by atoms with E-state index < -0.39 is 0 Å². The second kappa shape index (κ2) is 7.85. The number of amides is 1. The third-order valence-electron chi connectivity index (χ3n) is 5.45. The van der Waals surface area contributed by atoms with E-state index in [9.17, 15) is 9.90 Å². The Morgan fingerprint density at radius 2 is 2.04 bits per heavy atom. The molecule has 1 atom stereocenters. The van der Waals surface area contributed by atoms with Crippen LogP contribution in [0.15, 0.2) is 24.3 Å². The van der Waals surface area contributed by atoms with Crippen molar-refractivity contribution in [3.05, 3.63) is 34.9 Å². The summed E-state index contributed by atoms with van der Waals surface area (Å²) in [5, 5.41) is 13.3. The first kappa shape index (κ1) is 17.7. The van der Waals surface area contributed by atoms with E-state index in [0.717, 1.165) is 44.3 Å². The van der Waals surface area contributed by atoms with Gasteiger partial charge in [0.1, 0.15) is 0 Å². The van der Waals surface area contributed by atoms with E-state index in [1.54, 1.807) is 0 Å². The van der Waals surface area contributed by atoms with Gasteiger partial charge in [-0.25, -0.2) is 0 Å². The normalized spacial score (nSPS) is 23.0. The SMILES string of the molecule is O=C(NCCCN1CCCC[C@@H]1CO)C1(c2ccc(Cl)cc2)CC1. The van der Waals surface area contributed by atoms with Crippen molar-refractivity contribution in [2.24, 2.45) is 0 Å². The standard InChI is InChI=1S/C19H27ClN2O2/c20-16-7-5-15(6-8-16)19(9-10-19)18(24)21-11-3-13-22-12-2-1-4-17(22)14-23/h5-8,17,23H,1-4,9-14H2,(H,21,24)/t17-/m1/s1. The molecule has 1 aromatic rings. The Bertz CT molecular complexity index is 557. The third kappa shape index (κ3) is 3.93. The smallest absolute Gasteiger partial charge is 0.230 e. The highest BCUT2D eigenvalue weighted by Crippen LogP contribution is 2.48. The fourth-order valence-corrected chi connectivity index (χ4v) is 3.88. The molecule has 132 valence electrons. The number of halogens is 1. The number of piperidine rings is 1. The van der Waals surface area contributed by atoms with Gasteiger partial charge in [-0.05, 0) is 56.3 Å². The predicted octanol–water partition coefficient (Wildman–Crippen LogP) is 2.72. The number of aliphatic hydroxyl groups is 1. The number of hydrogen-bond acceptors (Lipinski definition) is 3. The first-order chi connectivity index (χ1) is 11.7. The van der Waals surface area contributed by atoms with E-state index in [1.807, 2.05) is 24.3 Å². The summed E-state index contributed by atoms with van der Waals surface area (Å²) in [6.45, 7) is 2.95. The monoisotopic (exact) mass is 350 g/mol. The van der Waals surface area contributed by atoms with E-state index in [4.69, 9.17) is 11.6 Å². The topological polar surface area (TPSA) is 52.6 Å². The highest BCUT2D eigenvalue weighted by atomic mass is 35.5. The summed E-state index contributed by atoms with van der Waals surface area (Å²) < 4.78 is 0. The number of carbonyl (C=O) groups is 1. The Kier molecular flexibility index (Phi) is 5.80. The van der Waals surface area contributed by atoms with Crippen molar-refractivity contribution in [1.82, 2.24) is 10.2 Å². The van der Waals surface area contributed by atoms with Crippen LogP contribution in [0.2, 0.25) is 5.02 Å². The number of rotatable bonds is 7. The highest BCUT2D eigenvalue weighted by molar-refractivity contribution is 6.30. The quantitative estimate of drug-likeness (QED) is 0.743. The molecule has 0 radical (unpaired) electrons. The molecule has 1 saturated heterocycles. The average Bonchev–Trinajstić information content (AvgIpc) is 3.41. The van der Waals surface area contributed by atoms with Gasteiger partial charge in [0.05, 0.1) is 12.0 Å². The molecule has 1 aliphatic heterocycles. The zero-order chi connectivity index (χ0) is 17.0. The van der Waals surface area contributed by atoms with E-state index >= 15 is 0 Å². The number of nitrogens with zero attached hydrogens (tertiary/aromatic N) is 1. The minimum atomic E-state index is -0.330. The highest BCUT2D eigenvalue weighted by Gasteiger charge is 2.50. The summed E-state index contributed by atoms with van der Waals surface area (Å²) in [5.74, 6) is 0.141. The van der Waals surface area contributed by atoms with Gasteiger partial charge in [0.2, 0.25) is 5.91 Å². The number of likely N-dealkylation sites (tertiary alicyclic amines) is 1. The molecule has 4 nitrogen and oxygen atoms in total. The number of nitrogens with one attached hydrogen (secondary N) is 1. The maximum atomic E-state index is 12.6. The zero-order valence-electron chi connectivity index (χ0n) is 14.1. The van der Waals surface area contributed by atoms with Crippen LogP contribution < -0.4 is 5.32 Å². The van der Waals surface area contributed by atoms with Crippen LogP contribution in [0, 0.1) is 0 Å². The maximum absolute atomic E-state index is 12.6. The molecule has 5 heteroatoms. The Balaban J connectivity index is 1.45. The number of benzene rings is 1. The largest absolute Gasteiger partial charge is 0.395 e. The second-order valence-electron chi connectivity index (χ2n) is 7.07. The minimum absolute atomic E-state index is 0.141. The van der Waals surface area contributed by atoms with Gasteiger partial charge in [-0.3, -0.25) is 9.69 Å². The molecule has 0 aromatic heterocycles. The molecule has 24 heavy (non-hydrogen) atoms. The minimum Gasteiger partial charge on any atom is -0.395 e. The summed E-state index contributed by atoms with van der Waals surface area (Å²) in [6, 6.07) is 7.95. The van der Waals surface area contributed by atoms with E-state index in [2.05, 4.69) is 10.2 Å². The Morgan fingerprint density at radius 1 is 1.29 bits per heavy atom. The Hall–Kier alpha value is -1.10. The van der Waals surface area contributed by atoms with Gasteiger partial charge in [0.25, 0.3) is 0 Å². The average molecular weight is 351 g/mol. The Labute approximate surface area is 149 Å². The zero-order valence-corrected chi connectivity index (χ0v) is 14.9. The lowest BCUT2D eigenvalue weighted by molar-refractivity contribution is -0.123. The molecule has 1 amide bonds. The van der Waals surface area contributed by atoms with Gasteiger partial charge < -0.3 is 10.4 Å². The molecular formula is C19H27ClN2O2. The van der Waals surface area contributed by atoms with Crippen molar-refractivity contribution in [2.75, 3.05) is 26.2 Å². The van der Waals surface area contributed by atoms with Gasteiger partial charge in [-0.1, -0.05) is 30.2 Å². The fraction of sp³-hybridized carbons (Fsp3) is 0.632. The van der Waals surface area contributed by atoms with Gasteiger partial charge in [0.15, 0.2) is 0 Å². The predicted molar refractivity (Wildman–Crippen MR) is 96.3 cm³/mol. The lowest BCUT2D eigenvalue weighted by Gasteiger charge is -2.34. The number of carbonyl (C=O) groups excluding carboxylic acids is 1. The van der Waals surface area contributed by atoms with Crippen LogP contribution in [0.5, 0.6) is 0 Å². The molecule has 1 aliphatic carbocycles. The van der Waals surface area contributed by atoms with Gasteiger partial charge in [-0.15, -0.1) is 0 Å². The van der Waals surface area contributed by atoms with E-state index in [0.29, 0.717) is 17.6 Å². The van der Waals surface area contributed by atoms with Gasteiger partial charge in [-0.2, -0.15) is 0 Å². The lowest BCUT2D eigenvalue weighted by atomic mass is 9.95.